The molecule has 0 aliphatic rings. The van der Waals surface area contributed by atoms with Gasteiger partial charge in [0, 0.05) is 9.51 Å². The van der Waals surface area contributed by atoms with Crippen LogP contribution in [0.3, 0.4) is 0 Å². The largest absolute Gasteiger partial charge is 0.347 e. The molecule has 2 nitrogen and oxygen atoms in total. The van der Waals surface area contributed by atoms with Gasteiger partial charge in [-0.1, -0.05) is 30.3 Å². The van der Waals surface area contributed by atoms with Crippen molar-refractivity contribution < 1.29 is 4.79 Å². The average Bonchev–Trinajstić information content (AvgIpc) is 2.15. The van der Waals surface area contributed by atoms with Gasteiger partial charge < -0.3 is 5.32 Å². The maximum Gasteiger partial charge on any atom is 0.252 e. The van der Waals surface area contributed by atoms with Gasteiger partial charge in [0.2, 0.25) is 0 Å². The van der Waals surface area contributed by atoms with Gasteiger partial charge in [-0.05, 0) is 28.1 Å². The molecule has 0 bridgehead atoms. The highest BCUT2D eigenvalue weighted by Crippen LogP contribution is 2.15. The Balaban J connectivity index is 2.70. The molecule has 0 radical (unpaired) electrons. The van der Waals surface area contributed by atoms with Crippen LogP contribution in [-0.2, 0) is 0 Å². The standard InChI is InChI=1S/C10H9BrClNO/c1-7(12)6-13-10(14)8-4-2-3-5-9(8)11/h2-5H,1,6H2,(H,13,14). The lowest BCUT2D eigenvalue weighted by atomic mass is 10.2. The van der Waals surface area contributed by atoms with Crippen molar-refractivity contribution in [3.63, 3.8) is 0 Å². The van der Waals surface area contributed by atoms with Crippen LogP contribution in [-0.4, -0.2) is 12.5 Å². The van der Waals surface area contributed by atoms with Crippen molar-refractivity contribution in [2.45, 2.75) is 0 Å². The minimum absolute atomic E-state index is 0.167. The van der Waals surface area contributed by atoms with Crippen LogP contribution in [0.5, 0.6) is 0 Å². The molecule has 14 heavy (non-hydrogen) atoms. The Hall–Kier alpha value is -0.800. The van der Waals surface area contributed by atoms with Crippen molar-refractivity contribution >= 4 is 33.4 Å². The van der Waals surface area contributed by atoms with Gasteiger partial charge in [-0.3, -0.25) is 4.79 Å². The first-order valence-corrected chi connectivity index (χ1v) is 5.14. The summed E-state index contributed by atoms with van der Waals surface area (Å²) in [6, 6.07) is 7.19. The molecule has 0 aliphatic carbocycles. The number of carbonyl (C=O) groups is 1. The van der Waals surface area contributed by atoms with E-state index in [9.17, 15) is 4.79 Å². The number of hydrogen-bond donors (Lipinski definition) is 1. The van der Waals surface area contributed by atoms with Crippen LogP contribution in [0.25, 0.3) is 0 Å². The summed E-state index contributed by atoms with van der Waals surface area (Å²) in [6.45, 7) is 3.76. The van der Waals surface area contributed by atoms with E-state index in [1.807, 2.05) is 12.1 Å². The summed E-state index contributed by atoms with van der Waals surface area (Å²) in [5.41, 5.74) is 0.588. The molecule has 1 rings (SSSR count). The monoisotopic (exact) mass is 273 g/mol. The van der Waals surface area contributed by atoms with E-state index < -0.39 is 0 Å². The molecule has 4 heteroatoms. The van der Waals surface area contributed by atoms with Crippen LogP contribution in [0.1, 0.15) is 10.4 Å². The van der Waals surface area contributed by atoms with Gasteiger partial charge in [0.1, 0.15) is 0 Å². The fourth-order valence-corrected chi connectivity index (χ4v) is 1.45. The second-order valence-corrected chi connectivity index (χ2v) is 4.07. The zero-order valence-corrected chi connectivity index (χ0v) is 9.73. The molecule has 74 valence electrons. The summed E-state index contributed by atoms with van der Waals surface area (Å²) in [7, 11) is 0. The number of halogens is 2. The summed E-state index contributed by atoms with van der Waals surface area (Å²) >= 11 is 8.82. The van der Waals surface area contributed by atoms with Crippen LogP contribution in [0, 0.1) is 0 Å². The average molecular weight is 275 g/mol. The molecule has 0 aromatic heterocycles. The van der Waals surface area contributed by atoms with Crippen LogP contribution >= 0.6 is 27.5 Å². The molecule has 0 spiro atoms. The van der Waals surface area contributed by atoms with Crippen molar-refractivity contribution in [3.8, 4) is 0 Å². The summed E-state index contributed by atoms with van der Waals surface area (Å²) in [5.74, 6) is -0.167. The van der Waals surface area contributed by atoms with E-state index in [2.05, 4.69) is 27.8 Å². The van der Waals surface area contributed by atoms with Gasteiger partial charge in [-0.2, -0.15) is 0 Å². The minimum atomic E-state index is -0.167. The van der Waals surface area contributed by atoms with Crippen molar-refractivity contribution in [1.29, 1.82) is 0 Å². The number of carbonyl (C=O) groups excluding carboxylic acids is 1. The predicted octanol–water partition coefficient (Wildman–Crippen LogP) is 2.93. The fraction of sp³-hybridized carbons (Fsp3) is 0.100. The smallest absolute Gasteiger partial charge is 0.252 e. The highest BCUT2D eigenvalue weighted by molar-refractivity contribution is 9.10. The Kier molecular flexibility index (Phi) is 4.17. The molecule has 1 amide bonds. The Morgan fingerprint density at radius 3 is 2.71 bits per heavy atom. The lowest BCUT2D eigenvalue weighted by Crippen LogP contribution is -2.24. The molecule has 1 N–H and O–H groups in total. The Labute approximate surface area is 96.1 Å². The molecular weight excluding hydrogens is 265 g/mol. The van der Waals surface area contributed by atoms with E-state index in [0.29, 0.717) is 10.6 Å². The second-order valence-electron chi connectivity index (χ2n) is 2.68. The first-order chi connectivity index (χ1) is 6.61. The second kappa shape index (κ2) is 5.17. The van der Waals surface area contributed by atoms with Crippen LogP contribution in [0.15, 0.2) is 40.3 Å². The van der Waals surface area contributed by atoms with Gasteiger partial charge in [-0.25, -0.2) is 0 Å². The third kappa shape index (κ3) is 3.16. The third-order valence-electron chi connectivity index (χ3n) is 1.56. The third-order valence-corrected chi connectivity index (χ3v) is 2.38. The maximum absolute atomic E-state index is 11.5. The highest BCUT2D eigenvalue weighted by atomic mass is 79.9. The summed E-state index contributed by atoms with van der Waals surface area (Å²) < 4.78 is 0.762. The fourth-order valence-electron chi connectivity index (χ4n) is 0.917. The molecule has 0 heterocycles. The summed E-state index contributed by atoms with van der Waals surface area (Å²) in [6.07, 6.45) is 0. The molecule has 1 aromatic rings. The van der Waals surface area contributed by atoms with Crippen LogP contribution in [0.4, 0.5) is 0 Å². The molecule has 0 fully saturated rings. The van der Waals surface area contributed by atoms with Gasteiger partial charge in [0.25, 0.3) is 5.91 Å². The molecule has 1 aromatic carbocycles. The molecule has 0 saturated carbocycles. The van der Waals surface area contributed by atoms with E-state index in [1.165, 1.54) is 0 Å². The normalized spacial score (nSPS) is 9.57. The Bertz CT molecular complexity index is 365. The number of amides is 1. The van der Waals surface area contributed by atoms with Crippen LogP contribution < -0.4 is 5.32 Å². The van der Waals surface area contributed by atoms with Crippen molar-refractivity contribution in [1.82, 2.24) is 5.32 Å². The quantitative estimate of drug-likeness (QED) is 0.902. The molecule has 0 atom stereocenters. The summed E-state index contributed by atoms with van der Waals surface area (Å²) in [4.78, 5) is 11.5. The minimum Gasteiger partial charge on any atom is -0.347 e. The Morgan fingerprint density at radius 1 is 1.50 bits per heavy atom. The molecule has 0 saturated heterocycles. The first kappa shape index (κ1) is 11.3. The number of benzene rings is 1. The van der Waals surface area contributed by atoms with Crippen molar-refractivity contribution in [3.05, 3.63) is 45.9 Å². The van der Waals surface area contributed by atoms with E-state index in [4.69, 9.17) is 11.6 Å². The van der Waals surface area contributed by atoms with Gasteiger partial charge in [0.05, 0.1) is 12.1 Å². The maximum atomic E-state index is 11.5. The highest BCUT2D eigenvalue weighted by Gasteiger charge is 2.07. The van der Waals surface area contributed by atoms with E-state index >= 15 is 0 Å². The number of nitrogens with one attached hydrogen (secondary N) is 1. The van der Waals surface area contributed by atoms with Gasteiger partial charge >= 0.3 is 0 Å². The lowest BCUT2D eigenvalue weighted by Gasteiger charge is -2.05. The Morgan fingerprint density at radius 2 is 2.14 bits per heavy atom. The van der Waals surface area contributed by atoms with Crippen molar-refractivity contribution in [2.24, 2.45) is 0 Å². The topological polar surface area (TPSA) is 29.1 Å². The number of hydrogen-bond acceptors (Lipinski definition) is 1. The van der Waals surface area contributed by atoms with Gasteiger partial charge in [-0.15, -0.1) is 0 Å². The van der Waals surface area contributed by atoms with E-state index in [0.717, 1.165) is 4.47 Å². The zero-order chi connectivity index (χ0) is 10.6. The zero-order valence-electron chi connectivity index (χ0n) is 7.39. The predicted molar refractivity (Wildman–Crippen MR) is 61.5 cm³/mol. The SMILES string of the molecule is C=C(Cl)CNC(=O)c1ccccc1Br. The number of rotatable bonds is 3. The molecular formula is C10H9BrClNO. The first-order valence-electron chi connectivity index (χ1n) is 3.97. The lowest BCUT2D eigenvalue weighted by molar-refractivity contribution is 0.0957. The van der Waals surface area contributed by atoms with Crippen molar-refractivity contribution in [2.75, 3.05) is 6.54 Å². The van der Waals surface area contributed by atoms with E-state index in [1.54, 1.807) is 12.1 Å². The van der Waals surface area contributed by atoms with Crippen LogP contribution in [0.2, 0.25) is 0 Å². The molecule has 0 unspecified atom stereocenters. The summed E-state index contributed by atoms with van der Waals surface area (Å²) in [5, 5.41) is 3.05. The van der Waals surface area contributed by atoms with Gasteiger partial charge in [0.15, 0.2) is 0 Å². The molecule has 0 aliphatic heterocycles. The van der Waals surface area contributed by atoms with E-state index in [-0.39, 0.29) is 12.5 Å².